The smallest absolute Gasteiger partial charge is 0.254 e. The second-order valence-corrected chi connectivity index (χ2v) is 8.32. The van der Waals surface area contributed by atoms with Gasteiger partial charge in [0.15, 0.2) is 0 Å². The number of aromatic nitrogens is 1. The van der Waals surface area contributed by atoms with Gasteiger partial charge in [-0.05, 0) is 49.6 Å². The van der Waals surface area contributed by atoms with Gasteiger partial charge in [0.25, 0.3) is 11.5 Å². The normalized spacial score (nSPS) is 14.0. The summed E-state index contributed by atoms with van der Waals surface area (Å²) in [6, 6.07) is 15.8. The highest BCUT2D eigenvalue weighted by Gasteiger charge is 2.22. The average molecular weight is 468 g/mol. The highest BCUT2D eigenvalue weighted by atomic mass is 79.9. The Morgan fingerprint density at radius 3 is 2.40 bits per heavy atom. The molecule has 1 aliphatic heterocycles. The Balaban J connectivity index is 1.65. The van der Waals surface area contributed by atoms with Crippen LogP contribution in [0.5, 0.6) is 0 Å². The van der Waals surface area contributed by atoms with E-state index < -0.39 is 0 Å². The van der Waals surface area contributed by atoms with Gasteiger partial charge in [-0.15, -0.1) is 0 Å². The summed E-state index contributed by atoms with van der Waals surface area (Å²) in [7, 11) is 0. The number of carbonyl (C=O) groups excluding carboxylic acids is 2. The first-order valence-corrected chi connectivity index (χ1v) is 10.8. The first-order chi connectivity index (χ1) is 14.5. The zero-order chi connectivity index (χ0) is 21.1. The zero-order valence-electron chi connectivity index (χ0n) is 16.4. The van der Waals surface area contributed by atoms with Gasteiger partial charge in [-0.25, -0.2) is 0 Å². The molecule has 4 rings (SSSR count). The molecular formula is C23H22BrN3O3. The molecule has 1 saturated heterocycles. The summed E-state index contributed by atoms with van der Waals surface area (Å²) in [5, 5.41) is 3.49. The van der Waals surface area contributed by atoms with E-state index in [0.29, 0.717) is 35.2 Å². The number of hydrogen-bond acceptors (Lipinski definition) is 3. The molecular weight excluding hydrogens is 446 g/mol. The van der Waals surface area contributed by atoms with Crippen molar-refractivity contribution in [3.8, 4) is 0 Å². The quantitative estimate of drug-likeness (QED) is 0.629. The fourth-order valence-electron chi connectivity index (χ4n) is 3.82. The number of fused-ring (bicyclic) bond motifs is 1. The van der Waals surface area contributed by atoms with Crippen molar-refractivity contribution in [2.24, 2.45) is 0 Å². The molecule has 0 aliphatic carbocycles. The van der Waals surface area contributed by atoms with Crippen LogP contribution in [-0.4, -0.2) is 34.4 Å². The second-order valence-electron chi connectivity index (χ2n) is 7.41. The minimum absolute atomic E-state index is 0.116. The van der Waals surface area contributed by atoms with Gasteiger partial charge in [0.2, 0.25) is 5.91 Å². The van der Waals surface area contributed by atoms with Crippen LogP contribution in [0.1, 0.15) is 29.6 Å². The molecule has 30 heavy (non-hydrogen) atoms. The van der Waals surface area contributed by atoms with E-state index in [-0.39, 0.29) is 23.9 Å². The second kappa shape index (κ2) is 8.83. The number of rotatable bonds is 4. The molecule has 154 valence electrons. The summed E-state index contributed by atoms with van der Waals surface area (Å²) in [5.41, 5.74) is 1.27. The molecule has 6 nitrogen and oxygen atoms in total. The van der Waals surface area contributed by atoms with E-state index in [0.717, 1.165) is 23.7 Å². The van der Waals surface area contributed by atoms with Crippen molar-refractivity contribution in [3.63, 3.8) is 0 Å². The molecule has 0 radical (unpaired) electrons. The Morgan fingerprint density at radius 2 is 1.67 bits per heavy atom. The third kappa shape index (κ3) is 4.31. The predicted octanol–water partition coefficient (Wildman–Crippen LogP) is 4.03. The SMILES string of the molecule is O=C(Cn1c(=O)cc(C(=O)N2CCCCC2)c2ccccc21)Nc1ccc(Br)cc1. The topological polar surface area (TPSA) is 71.4 Å². The molecule has 0 spiro atoms. The van der Waals surface area contributed by atoms with Crippen LogP contribution < -0.4 is 10.9 Å². The van der Waals surface area contributed by atoms with Crippen LogP contribution >= 0.6 is 15.9 Å². The molecule has 1 N–H and O–H groups in total. The number of nitrogens with zero attached hydrogens (tertiary/aromatic N) is 2. The third-order valence-corrected chi connectivity index (χ3v) is 5.85. The molecule has 0 atom stereocenters. The molecule has 3 aromatic rings. The van der Waals surface area contributed by atoms with Gasteiger partial charge < -0.3 is 10.2 Å². The molecule has 1 aliphatic rings. The number of anilines is 1. The summed E-state index contributed by atoms with van der Waals surface area (Å²) in [6.07, 6.45) is 3.09. The lowest BCUT2D eigenvalue weighted by atomic mass is 10.0. The average Bonchev–Trinajstić information content (AvgIpc) is 2.77. The number of pyridine rings is 1. The fourth-order valence-corrected chi connectivity index (χ4v) is 4.08. The van der Waals surface area contributed by atoms with E-state index in [1.807, 2.05) is 29.2 Å². The van der Waals surface area contributed by atoms with E-state index in [9.17, 15) is 14.4 Å². The van der Waals surface area contributed by atoms with Crippen molar-refractivity contribution in [1.29, 1.82) is 0 Å². The molecule has 1 fully saturated rings. The lowest BCUT2D eigenvalue weighted by molar-refractivity contribution is -0.116. The lowest BCUT2D eigenvalue weighted by Crippen LogP contribution is -2.37. The fraction of sp³-hybridized carbons (Fsp3) is 0.261. The van der Waals surface area contributed by atoms with Crippen LogP contribution in [0.25, 0.3) is 10.9 Å². The van der Waals surface area contributed by atoms with Gasteiger partial charge in [-0.3, -0.25) is 19.0 Å². The Labute approximate surface area is 182 Å². The minimum atomic E-state index is -0.361. The van der Waals surface area contributed by atoms with Gasteiger partial charge in [0.05, 0.1) is 11.1 Å². The Hall–Kier alpha value is -2.93. The highest BCUT2D eigenvalue weighted by Crippen LogP contribution is 2.21. The molecule has 0 unspecified atom stereocenters. The van der Waals surface area contributed by atoms with Crippen LogP contribution in [-0.2, 0) is 11.3 Å². The maximum Gasteiger partial charge on any atom is 0.254 e. The molecule has 0 saturated carbocycles. The number of hydrogen-bond donors (Lipinski definition) is 1. The number of likely N-dealkylation sites (tertiary alicyclic amines) is 1. The van der Waals surface area contributed by atoms with Crippen LogP contribution in [0, 0.1) is 0 Å². The van der Waals surface area contributed by atoms with E-state index in [4.69, 9.17) is 0 Å². The number of carbonyl (C=O) groups is 2. The zero-order valence-corrected chi connectivity index (χ0v) is 18.0. The van der Waals surface area contributed by atoms with E-state index in [1.54, 1.807) is 24.3 Å². The summed E-state index contributed by atoms with van der Waals surface area (Å²) in [5.74, 6) is -0.422. The lowest BCUT2D eigenvalue weighted by Gasteiger charge is -2.27. The summed E-state index contributed by atoms with van der Waals surface area (Å²) >= 11 is 3.36. The Morgan fingerprint density at radius 1 is 0.967 bits per heavy atom. The molecule has 0 bridgehead atoms. The van der Waals surface area contributed by atoms with Crippen LogP contribution in [0.15, 0.2) is 63.9 Å². The van der Waals surface area contributed by atoms with Gasteiger partial charge >= 0.3 is 0 Å². The predicted molar refractivity (Wildman–Crippen MR) is 121 cm³/mol. The highest BCUT2D eigenvalue weighted by molar-refractivity contribution is 9.10. The van der Waals surface area contributed by atoms with E-state index in [1.165, 1.54) is 10.6 Å². The largest absolute Gasteiger partial charge is 0.339 e. The third-order valence-electron chi connectivity index (χ3n) is 5.32. The first-order valence-electron chi connectivity index (χ1n) is 10.0. The van der Waals surface area contributed by atoms with E-state index >= 15 is 0 Å². The van der Waals surface area contributed by atoms with Crippen molar-refractivity contribution in [2.75, 3.05) is 18.4 Å². The van der Waals surface area contributed by atoms with Crippen molar-refractivity contribution >= 4 is 44.3 Å². The van der Waals surface area contributed by atoms with Crippen molar-refractivity contribution < 1.29 is 9.59 Å². The van der Waals surface area contributed by atoms with Crippen LogP contribution in [0.3, 0.4) is 0 Å². The first kappa shape index (κ1) is 20.3. The van der Waals surface area contributed by atoms with Crippen molar-refractivity contribution in [2.45, 2.75) is 25.8 Å². The van der Waals surface area contributed by atoms with Gasteiger partial charge in [-0.2, -0.15) is 0 Å². The number of para-hydroxylation sites is 1. The number of halogens is 1. The standard InChI is InChI=1S/C23H22BrN3O3/c24-16-8-10-17(11-9-16)25-21(28)15-27-20-7-3-2-6-18(20)19(14-22(27)29)23(30)26-12-4-1-5-13-26/h2-3,6-11,14H,1,4-5,12-13,15H2,(H,25,28). The number of amides is 2. The van der Waals surface area contributed by atoms with Crippen LogP contribution in [0.2, 0.25) is 0 Å². The summed E-state index contributed by atoms with van der Waals surface area (Å²) in [6.45, 7) is 1.30. The summed E-state index contributed by atoms with van der Waals surface area (Å²) in [4.78, 5) is 40.3. The number of nitrogens with one attached hydrogen (secondary N) is 1. The minimum Gasteiger partial charge on any atom is -0.339 e. The number of benzene rings is 2. The number of piperidine rings is 1. The molecule has 1 aromatic heterocycles. The van der Waals surface area contributed by atoms with Crippen molar-refractivity contribution in [3.05, 3.63) is 75.0 Å². The van der Waals surface area contributed by atoms with E-state index in [2.05, 4.69) is 21.2 Å². The van der Waals surface area contributed by atoms with Gasteiger partial charge in [0, 0.05) is 34.7 Å². The van der Waals surface area contributed by atoms with Crippen molar-refractivity contribution in [1.82, 2.24) is 9.47 Å². The van der Waals surface area contributed by atoms with Gasteiger partial charge in [0.1, 0.15) is 6.54 Å². The van der Waals surface area contributed by atoms with Crippen LogP contribution in [0.4, 0.5) is 5.69 Å². The maximum atomic E-state index is 13.1. The summed E-state index contributed by atoms with van der Waals surface area (Å²) < 4.78 is 2.33. The molecule has 2 aromatic carbocycles. The Kier molecular flexibility index (Phi) is 5.99. The monoisotopic (exact) mass is 467 g/mol. The molecule has 2 heterocycles. The van der Waals surface area contributed by atoms with Gasteiger partial charge in [-0.1, -0.05) is 34.1 Å². The maximum absolute atomic E-state index is 13.1. The Bertz CT molecular complexity index is 1150. The molecule has 7 heteroatoms. The molecule has 2 amide bonds.